The second-order valence-corrected chi connectivity index (χ2v) is 7.34. The van der Waals surface area contributed by atoms with Crippen molar-refractivity contribution in [1.29, 1.82) is 0 Å². The lowest BCUT2D eigenvalue weighted by Gasteiger charge is -2.24. The molecule has 0 aliphatic carbocycles. The first kappa shape index (κ1) is 25.1. The van der Waals surface area contributed by atoms with Gasteiger partial charge in [-0.3, -0.25) is 19.2 Å². The van der Waals surface area contributed by atoms with Crippen LogP contribution in [-0.4, -0.2) is 65.2 Å². The van der Waals surface area contributed by atoms with Crippen LogP contribution in [0.15, 0.2) is 30.3 Å². The fourth-order valence-corrected chi connectivity index (χ4v) is 2.69. The maximum atomic E-state index is 12.5. The number of aliphatic carboxylic acids is 1. The summed E-state index contributed by atoms with van der Waals surface area (Å²) in [7, 11) is 0. The summed E-state index contributed by atoms with van der Waals surface area (Å²) in [5, 5.41) is 25.3. The minimum atomic E-state index is -1.30. The molecule has 1 aromatic rings. The van der Waals surface area contributed by atoms with Crippen LogP contribution in [-0.2, 0) is 25.6 Å². The molecule has 0 heterocycles. The number of carbonyl (C=O) groups excluding carboxylic acids is 3. The molecule has 10 nitrogen and oxygen atoms in total. The Morgan fingerprint density at radius 2 is 1.57 bits per heavy atom. The lowest BCUT2D eigenvalue weighted by atomic mass is 10.0. The van der Waals surface area contributed by atoms with Gasteiger partial charge in [0.05, 0.1) is 12.6 Å². The monoisotopic (exact) mass is 422 g/mol. The number of carboxylic acid groups (broad SMARTS) is 1. The average molecular weight is 422 g/mol. The summed E-state index contributed by atoms with van der Waals surface area (Å²) in [5.41, 5.74) is 6.74. The van der Waals surface area contributed by atoms with Crippen LogP contribution in [0.5, 0.6) is 0 Å². The van der Waals surface area contributed by atoms with E-state index in [0.29, 0.717) is 0 Å². The van der Waals surface area contributed by atoms with E-state index in [2.05, 4.69) is 16.0 Å². The lowest BCUT2D eigenvalue weighted by Crippen LogP contribution is -2.57. The zero-order chi connectivity index (χ0) is 22.7. The van der Waals surface area contributed by atoms with E-state index in [1.807, 2.05) is 44.2 Å². The molecule has 10 heteroatoms. The molecule has 0 aliphatic rings. The Bertz CT molecular complexity index is 725. The lowest BCUT2D eigenvalue weighted by molar-refractivity contribution is -0.138. The minimum absolute atomic E-state index is 0.0207. The highest BCUT2D eigenvalue weighted by Crippen LogP contribution is 2.06. The number of aliphatic hydroxyl groups excluding tert-OH is 1. The van der Waals surface area contributed by atoms with Crippen LogP contribution in [0.3, 0.4) is 0 Å². The molecule has 3 unspecified atom stereocenters. The summed E-state index contributed by atoms with van der Waals surface area (Å²) in [6, 6.07) is 5.84. The van der Waals surface area contributed by atoms with E-state index in [9.17, 15) is 24.3 Å². The number of hydrogen-bond acceptors (Lipinski definition) is 6. The SMILES string of the molecule is CC(C)CC(NC(=O)C(CO)NC(=O)C(N)Cc1ccccc1)C(=O)NCC(=O)O. The van der Waals surface area contributed by atoms with Gasteiger partial charge in [-0.1, -0.05) is 44.2 Å². The fraction of sp³-hybridized carbons (Fsp3) is 0.500. The van der Waals surface area contributed by atoms with E-state index in [0.717, 1.165) is 5.56 Å². The van der Waals surface area contributed by atoms with Crippen molar-refractivity contribution < 1.29 is 29.4 Å². The van der Waals surface area contributed by atoms with Crippen molar-refractivity contribution in [1.82, 2.24) is 16.0 Å². The highest BCUT2D eigenvalue weighted by molar-refractivity contribution is 5.93. The maximum Gasteiger partial charge on any atom is 0.322 e. The third-order valence-electron chi connectivity index (χ3n) is 4.20. The normalized spacial score (nSPS) is 13.8. The number of carbonyl (C=O) groups is 4. The second-order valence-electron chi connectivity index (χ2n) is 7.34. The number of aliphatic hydroxyl groups is 1. The van der Waals surface area contributed by atoms with Gasteiger partial charge >= 0.3 is 5.97 Å². The van der Waals surface area contributed by atoms with Gasteiger partial charge in [-0.2, -0.15) is 0 Å². The Balaban J connectivity index is 2.71. The fourth-order valence-electron chi connectivity index (χ4n) is 2.69. The van der Waals surface area contributed by atoms with Crippen molar-refractivity contribution >= 4 is 23.7 Å². The number of carboxylic acids is 1. The van der Waals surface area contributed by atoms with Gasteiger partial charge in [-0.15, -0.1) is 0 Å². The molecule has 0 saturated heterocycles. The standard InChI is InChI=1S/C20H30N4O6/c1-12(2)8-15(19(29)22-10-17(26)27)23-20(30)16(11-25)24-18(28)14(21)9-13-6-4-3-5-7-13/h3-7,12,14-16,25H,8-11,21H2,1-2H3,(H,22,29)(H,23,30)(H,24,28)(H,26,27). The molecule has 3 atom stereocenters. The Morgan fingerprint density at radius 3 is 2.10 bits per heavy atom. The van der Waals surface area contributed by atoms with Gasteiger partial charge in [0.15, 0.2) is 0 Å². The van der Waals surface area contributed by atoms with E-state index in [1.54, 1.807) is 0 Å². The van der Waals surface area contributed by atoms with E-state index in [-0.39, 0.29) is 18.8 Å². The summed E-state index contributed by atoms with van der Waals surface area (Å²) in [6.45, 7) is 2.38. The van der Waals surface area contributed by atoms with Gasteiger partial charge in [0.1, 0.15) is 18.6 Å². The number of amides is 3. The first-order valence-electron chi connectivity index (χ1n) is 9.64. The van der Waals surface area contributed by atoms with Crippen molar-refractivity contribution in [2.75, 3.05) is 13.2 Å². The molecular formula is C20H30N4O6. The van der Waals surface area contributed by atoms with Gasteiger partial charge in [-0.25, -0.2) is 0 Å². The second kappa shape index (κ2) is 12.6. The number of benzene rings is 1. The molecule has 166 valence electrons. The van der Waals surface area contributed by atoms with Crippen LogP contribution in [0.2, 0.25) is 0 Å². The Labute approximate surface area is 175 Å². The molecule has 30 heavy (non-hydrogen) atoms. The molecular weight excluding hydrogens is 392 g/mol. The third-order valence-corrected chi connectivity index (χ3v) is 4.20. The van der Waals surface area contributed by atoms with Crippen molar-refractivity contribution in [3.8, 4) is 0 Å². The van der Waals surface area contributed by atoms with Crippen LogP contribution in [0, 0.1) is 5.92 Å². The van der Waals surface area contributed by atoms with Crippen LogP contribution >= 0.6 is 0 Å². The molecule has 3 amide bonds. The summed E-state index contributed by atoms with van der Waals surface area (Å²) in [6.07, 6.45) is 0.497. The maximum absolute atomic E-state index is 12.5. The molecule has 1 rings (SSSR count). The zero-order valence-electron chi connectivity index (χ0n) is 17.1. The zero-order valence-corrected chi connectivity index (χ0v) is 17.1. The molecule has 0 spiro atoms. The average Bonchev–Trinajstić information content (AvgIpc) is 2.69. The largest absolute Gasteiger partial charge is 0.480 e. The summed E-state index contributed by atoms with van der Waals surface area (Å²) >= 11 is 0. The molecule has 1 aromatic carbocycles. The van der Waals surface area contributed by atoms with Crippen molar-refractivity contribution in [3.63, 3.8) is 0 Å². The van der Waals surface area contributed by atoms with Gasteiger partial charge < -0.3 is 31.9 Å². The topological polar surface area (TPSA) is 171 Å². The number of hydrogen-bond donors (Lipinski definition) is 6. The van der Waals surface area contributed by atoms with Crippen molar-refractivity contribution in [2.24, 2.45) is 11.7 Å². The van der Waals surface area contributed by atoms with Crippen LogP contribution in [0.25, 0.3) is 0 Å². The highest BCUT2D eigenvalue weighted by atomic mass is 16.4. The van der Waals surface area contributed by atoms with E-state index in [4.69, 9.17) is 10.8 Å². The molecule has 0 aromatic heterocycles. The Kier molecular flexibility index (Phi) is 10.5. The van der Waals surface area contributed by atoms with E-state index >= 15 is 0 Å². The number of nitrogens with one attached hydrogen (secondary N) is 3. The minimum Gasteiger partial charge on any atom is -0.480 e. The van der Waals surface area contributed by atoms with Crippen molar-refractivity contribution in [3.05, 3.63) is 35.9 Å². The van der Waals surface area contributed by atoms with Crippen LogP contribution < -0.4 is 21.7 Å². The first-order valence-corrected chi connectivity index (χ1v) is 9.64. The number of nitrogens with two attached hydrogens (primary N) is 1. The predicted octanol–water partition coefficient (Wildman–Crippen LogP) is -1.23. The first-order chi connectivity index (χ1) is 14.1. The molecule has 0 aliphatic heterocycles. The Hall–Kier alpha value is -2.98. The summed E-state index contributed by atoms with van der Waals surface area (Å²) in [5.74, 6) is -3.25. The van der Waals surface area contributed by atoms with Crippen LogP contribution in [0.1, 0.15) is 25.8 Å². The van der Waals surface area contributed by atoms with Gasteiger partial charge in [0.25, 0.3) is 0 Å². The molecule has 0 bridgehead atoms. The van der Waals surface area contributed by atoms with Crippen LogP contribution in [0.4, 0.5) is 0 Å². The quantitative estimate of drug-likeness (QED) is 0.245. The van der Waals surface area contributed by atoms with Crippen molar-refractivity contribution in [2.45, 2.75) is 44.8 Å². The molecule has 7 N–H and O–H groups in total. The molecule has 0 fully saturated rings. The van der Waals surface area contributed by atoms with Gasteiger partial charge in [0, 0.05) is 0 Å². The number of rotatable bonds is 12. The third kappa shape index (κ3) is 9.01. The smallest absolute Gasteiger partial charge is 0.322 e. The van der Waals surface area contributed by atoms with Gasteiger partial charge in [0.2, 0.25) is 17.7 Å². The highest BCUT2D eigenvalue weighted by Gasteiger charge is 2.28. The molecule has 0 radical (unpaired) electrons. The summed E-state index contributed by atoms with van der Waals surface area (Å²) in [4.78, 5) is 47.7. The van der Waals surface area contributed by atoms with E-state index < -0.39 is 55.0 Å². The van der Waals surface area contributed by atoms with Gasteiger partial charge in [-0.05, 0) is 24.3 Å². The van der Waals surface area contributed by atoms with E-state index in [1.165, 1.54) is 0 Å². The predicted molar refractivity (Wildman–Crippen MR) is 109 cm³/mol. The summed E-state index contributed by atoms with van der Waals surface area (Å²) < 4.78 is 0. The molecule has 0 saturated carbocycles. The Morgan fingerprint density at radius 1 is 0.967 bits per heavy atom.